The maximum Gasteiger partial charge on any atom is 0.194 e. The van der Waals surface area contributed by atoms with Crippen LogP contribution in [0.15, 0.2) is 40.0 Å². The van der Waals surface area contributed by atoms with Gasteiger partial charge < -0.3 is 24.1 Å². The van der Waals surface area contributed by atoms with Crippen LogP contribution in [0, 0.1) is 0 Å². The van der Waals surface area contributed by atoms with Gasteiger partial charge in [0, 0.05) is 32.7 Å². The quantitative estimate of drug-likeness (QED) is 0.297. The second kappa shape index (κ2) is 10.9. The Labute approximate surface area is 173 Å². The van der Waals surface area contributed by atoms with Gasteiger partial charge in [-0.25, -0.2) is 4.99 Å². The first kappa shape index (κ1) is 21.2. The van der Waals surface area contributed by atoms with E-state index in [9.17, 15) is 0 Å². The van der Waals surface area contributed by atoms with E-state index in [1.54, 1.807) is 6.26 Å². The number of aliphatic imine (C=N–C) groups is 1. The van der Waals surface area contributed by atoms with Gasteiger partial charge in [0.05, 0.1) is 25.5 Å². The third-order valence-corrected chi connectivity index (χ3v) is 4.51. The summed E-state index contributed by atoms with van der Waals surface area (Å²) < 4.78 is 17.2. The monoisotopic (exact) mass is 475 g/mol. The fraction of sp³-hybridized carbons (Fsp3) is 0.632. The van der Waals surface area contributed by atoms with Crippen LogP contribution in [0.5, 0.6) is 0 Å². The van der Waals surface area contributed by atoms with E-state index in [1.807, 2.05) is 19.1 Å². The lowest BCUT2D eigenvalue weighted by Crippen LogP contribution is -2.53. The highest BCUT2D eigenvalue weighted by atomic mass is 127. The van der Waals surface area contributed by atoms with Gasteiger partial charge in [-0.3, -0.25) is 0 Å². The fourth-order valence-electron chi connectivity index (χ4n) is 3.22. The van der Waals surface area contributed by atoms with Gasteiger partial charge in [-0.1, -0.05) is 12.2 Å². The third kappa shape index (κ3) is 6.28. The van der Waals surface area contributed by atoms with Crippen LogP contribution in [-0.4, -0.2) is 62.5 Å². The first-order valence-electron chi connectivity index (χ1n) is 9.15. The topological polar surface area (TPSA) is 59.2 Å². The standard InChI is InChI=1S/C19H29N3O3.HI/c1-15(2)13-21-19(20-8-7-16-5-3-10-23-16)22-9-12-25-18(14-22)17-6-4-11-24-17;/h3,5,10,17-18H,1,4,6-9,11-14H2,2H3,(H,20,21);1H. The zero-order chi connectivity index (χ0) is 17.5. The summed E-state index contributed by atoms with van der Waals surface area (Å²) in [6.07, 6.45) is 5.09. The fourth-order valence-corrected chi connectivity index (χ4v) is 3.22. The molecular weight excluding hydrogens is 445 g/mol. The molecule has 0 amide bonds. The average molecular weight is 475 g/mol. The zero-order valence-corrected chi connectivity index (χ0v) is 17.8. The van der Waals surface area contributed by atoms with Crippen molar-refractivity contribution in [2.75, 3.05) is 39.4 Å². The molecule has 0 radical (unpaired) electrons. The maximum absolute atomic E-state index is 5.95. The summed E-state index contributed by atoms with van der Waals surface area (Å²) in [6, 6.07) is 3.91. The molecule has 2 atom stereocenters. The van der Waals surface area contributed by atoms with Gasteiger partial charge in [0.1, 0.15) is 11.9 Å². The summed E-state index contributed by atoms with van der Waals surface area (Å²) in [7, 11) is 0. The van der Waals surface area contributed by atoms with E-state index in [-0.39, 0.29) is 36.2 Å². The second-order valence-electron chi connectivity index (χ2n) is 6.76. The molecule has 0 spiro atoms. The summed E-state index contributed by atoms with van der Waals surface area (Å²) in [5.74, 6) is 1.90. The Morgan fingerprint density at radius 1 is 1.35 bits per heavy atom. The van der Waals surface area contributed by atoms with Crippen LogP contribution in [-0.2, 0) is 15.9 Å². The first-order valence-corrected chi connectivity index (χ1v) is 9.15. The molecule has 1 aromatic rings. The van der Waals surface area contributed by atoms with Gasteiger partial charge in [-0.2, -0.15) is 0 Å². The van der Waals surface area contributed by atoms with E-state index in [1.165, 1.54) is 0 Å². The van der Waals surface area contributed by atoms with Crippen molar-refractivity contribution < 1.29 is 13.9 Å². The normalized spacial score (nSPS) is 23.6. The van der Waals surface area contributed by atoms with Crippen molar-refractivity contribution in [3.63, 3.8) is 0 Å². The zero-order valence-electron chi connectivity index (χ0n) is 15.5. The molecule has 2 aliphatic rings. The number of nitrogens with zero attached hydrogens (tertiary/aromatic N) is 2. The van der Waals surface area contributed by atoms with Crippen molar-refractivity contribution in [3.8, 4) is 0 Å². The molecule has 1 aromatic heterocycles. The van der Waals surface area contributed by atoms with Crippen molar-refractivity contribution in [3.05, 3.63) is 36.3 Å². The number of nitrogens with one attached hydrogen (secondary N) is 1. The van der Waals surface area contributed by atoms with E-state index in [0.29, 0.717) is 13.2 Å². The van der Waals surface area contributed by atoms with Crippen LogP contribution in [0.1, 0.15) is 25.5 Å². The van der Waals surface area contributed by atoms with Crippen molar-refractivity contribution in [2.24, 2.45) is 4.99 Å². The molecule has 146 valence electrons. The molecule has 0 saturated carbocycles. The molecule has 0 aromatic carbocycles. The Morgan fingerprint density at radius 3 is 2.88 bits per heavy atom. The van der Waals surface area contributed by atoms with Crippen LogP contribution in [0.2, 0.25) is 0 Å². The Balaban J connectivity index is 0.00000243. The van der Waals surface area contributed by atoms with E-state index in [2.05, 4.69) is 16.8 Å². The molecule has 3 rings (SSSR count). The van der Waals surface area contributed by atoms with Crippen LogP contribution in [0.25, 0.3) is 0 Å². The van der Waals surface area contributed by atoms with Gasteiger partial charge in [-0.05, 0) is 31.9 Å². The summed E-state index contributed by atoms with van der Waals surface area (Å²) in [6.45, 7) is 10.6. The third-order valence-electron chi connectivity index (χ3n) is 4.51. The number of guanidine groups is 1. The molecular formula is C19H30IN3O3. The minimum atomic E-state index is 0. The molecule has 7 heteroatoms. The van der Waals surface area contributed by atoms with E-state index >= 15 is 0 Å². The molecule has 3 heterocycles. The van der Waals surface area contributed by atoms with Crippen LogP contribution >= 0.6 is 24.0 Å². The molecule has 0 aliphatic carbocycles. The van der Waals surface area contributed by atoms with Gasteiger partial charge in [-0.15, -0.1) is 24.0 Å². The molecule has 2 aliphatic heterocycles. The second-order valence-corrected chi connectivity index (χ2v) is 6.76. The number of hydrogen-bond donors (Lipinski definition) is 1. The lowest BCUT2D eigenvalue weighted by Gasteiger charge is -2.37. The molecule has 1 N–H and O–H groups in total. The molecule has 6 nitrogen and oxygen atoms in total. The van der Waals surface area contributed by atoms with Gasteiger partial charge in [0.15, 0.2) is 5.96 Å². The van der Waals surface area contributed by atoms with Crippen LogP contribution < -0.4 is 5.32 Å². The highest BCUT2D eigenvalue weighted by Crippen LogP contribution is 2.21. The number of morpholine rings is 1. The highest BCUT2D eigenvalue weighted by molar-refractivity contribution is 14.0. The van der Waals surface area contributed by atoms with Gasteiger partial charge >= 0.3 is 0 Å². The SMILES string of the molecule is C=C(C)CN=C(NCCc1ccco1)N1CCOC(C2CCCO2)C1.I. The van der Waals surface area contributed by atoms with Crippen molar-refractivity contribution >= 4 is 29.9 Å². The lowest BCUT2D eigenvalue weighted by atomic mass is 10.1. The Kier molecular flexibility index (Phi) is 8.94. The number of rotatable bonds is 6. The summed E-state index contributed by atoms with van der Waals surface area (Å²) in [4.78, 5) is 7.01. The molecule has 2 saturated heterocycles. The smallest absolute Gasteiger partial charge is 0.194 e. The van der Waals surface area contributed by atoms with E-state index < -0.39 is 0 Å². The minimum absolute atomic E-state index is 0. The highest BCUT2D eigenvalue weighted by Gasteiger charge is 2.32. The maximum atomic E-state index is 5.95. The molecule has 26 heavy (non-hydrogen) atoms. The lowest BCUT2D eigenvalue weighted by molar-refractivity contribution is -0.0817. The first-order chi connectivity index (χ1) is 12.2. The minimum Gasteiger partial charge on any atom is -0.469 e. The number of halogens is 1. The number of ether oxygens (including phenoxy) is 2. The Morgan fingerprint density at radius 2 is 2.19 bits per heavy atom. The summed E-state index contributed by atoms with van der Waals surface area (Å²) in [5, 5.41) is 3.47. The van der Waals surface area contributed by atoms with Crippen LogP contribution in [0.3, 0.4) is 0 Å². The Hall–Kier alpha value is -1.06. The predicted octanol–water partition coefficient (Wildman–Crippen LogP) is 2.84. The molecule has 2 unspecified atom stereocenters. The molecule has 2 fully saturated rings. The van der Waals surface area contributed by atoms with E-state index in [0.717, 1.165) is 62.8 Å². The summed E-state index contributed by atoms with van der Waals surface area (Å²) >= 11 is 0. The van der Waals surface area contributed by atoms with Crippen molar-refractivity contribution in [1.29, 1.82) is 0 Å². The van der Waals surface area contributed by atoms with Gasteiger partial charge in [0.25, 0.3) is 0 Å². The van der Waals surface area contributed by atoms with Crippen molar-refractivity contribution in [1.82, 2.24) is 10.2 Å². The largest absolute Gasteiger partial charge is 0.469 e. The van der Waals surface area contributed by atoms with Crippen LogP contribution in [0.4, 0.5) is 0 Å². The predicted molar refractivity (Wildman–Crippen MR) is 113 cm³/mol. The average Bonchev–Trinajstić information content (AvgIpc) is 3.31. The van der Waals surface area contributed by atoms with Crippen molar-refractivity contribution in [2.45, 2.75) is 38.4 Å². The number of hydrogen-bond acceptors (Lipinski definition) is 4. The summed E-state index contributed by atoms with van der Waals surface area (Å²) in [5.41, 5.74) is 1.05. The Bertz CT molecular complexity index is 571. The van der Waals surface area contributed by atoms with Gasteiger partial charge in [0.2, 0.25) is 0 Å². The number of furan rings is 1. The van der Waals surface area contributed by atoms with E-state index in [4.69, 9.17) is 18.9 Å². The molecule has 0 bridgehead atoms.